The van der Waals surface area contributed by atoms with Crippen molar-refractivity contribution in [3.8, 4) is 0 Å². The molecule has 1 aliphatic rings. The molecule has 3 N–H and O–H groups in total. The number of primary amides is 1. The topological polar surface area (TPSA) is 77.1 Å². The van der Waals surface area contributed by atoms with E-state index in [0.29, 0.717) is 12.8 Å². The smallest absolute Gasteiger partial charge is 0.243 e. The van der Waals surface area contributed by atoms with Gasteiger partial charge in [0.25, 0.3) is 0 Å². The summed E-state index contributed by atoms with van der Waals surface area (Å²) in [6.45, 7) is 2.05. The van der Waals surface area contributed by atoms with Gasteiger partial charge in [-0.05, 0) is 31.4 Å². The zero-order valence-corrected chi connectivity index (χ0v) is 12.7. The molecule has 0 radical (unpaired) electrons. The molecule has 1 aliphatic carbocycles. The number of amides is 2. The number of carbonyl (C=O) groups is 2. The number of carbonyl (C=O) groups excluding carboxylic acids is 2. The van der Waals surface area contributed by atoms with Crippen molar-refractivity contribution in [1.29, 1.82) is 0 Å². The monoisotopic (exact) mass is 291 g/mol. The molecule has 0 aliphatic heterocycles. The van der Waals surface area contributed by atoms with E-state index in [0.717, 1.165) is 32.1 Å². The average Bonchev–Trinajstić information content (AvgIpc) is 2.99. The van der Waals surface area contributed by atoms with Crippen molar-refractivity contribution in [2.75, 3.05) is 0 Å². The largest absolute Gasteiger partial charge is 0.368 e. The van der Waals surface area contributed by atoms with Crippen molar-refractivity contribution in [2.24, 2.45) is 5.73 Å². The van der Waals surface area contributed by atoms with E-state index in [-0.39, 0.29) is 11.9 Å². The Morgan fingerprint density at radius 2 is 1.86 bits per heavy atom. The number of hydrogen-bond acceptors (Lipinski definition) is 2. The van der Waals surface area contributed by atoms with E-state index in [9.17, 15) is 9.59 Å². The maximum Gasteiger partial charge on any atom is 0.243 e. The first-order valence-corrected chi connectivity index (χ1v) is 7.83. The van der Waals surface area contributed by atoms with Gasteiger partial charge in [-0.3, -0.25) is 9.59 Å². The van der Waals surface area contributed by atoms with Gasteiger partial charge in [0.1, 0.15) is 11.6 Å². The molecule has 1 aromatic heterocycles. The fourth-order valence-electron chi connectivity index (χ4n) is 3.15. The van der Waals surface area contributed by atoms with Crippen LogP contribution in [0.25, 0.3) is 0 Å². The van der Waals surface area contributed by atoms with E-state index in [1.54, 1.807) is 0 Å². The molecule has 2 amide bonds. The number of nitrogens with zero attached hydrogens (tertiary/aromatic N) is 1. The minimum Gasteiger partial charge on any atom is -0.368 e. The van der Waals surface area contributed by atoms with Gasteiger partial charge in [-0.25, -0.2) is 0 Å². The average molecular weight is 291 g/mol. The molecule has 0 spiro atoms. The second kappa shape index (κ2) is 6.78. The van der Waals surface area contributed by atoms with Crippen molar-refractivity contribution in [3.63, 3.8) is 0 Å². The molecule has 5 heteroatoms. The Balaban J connectivity index is 2.14. The summed E-state index contributed by atoms with van der Waals surface area (Å²) in [5, 5.41) is 2.97. The molecule has 1 aromatic rings. The molecule has 1 unspecified atom stereocenters. The first-order chi connectivity index (χ1) is 10.1. The lowest BCUT2D eigenvalue weighted by Gasteiger charge is -2.36. The number of nitrogens with two attached hydrogens (primary N) is 1. The van der Waals surface area contributed by atoms with Gasteiger partial charge < -0.3 is 15.6 Å². The predicted molar refractivity (Wildman–Crippen MR) is 81.5 cm³/mol. The Labute approximate surface area is 125 Å². The van der Waals surface area contributed by atoms with Crippen LogP contribution in [0.1, 0.15) is 57.9 Å². The standard InChI is InChI=1S/C16H25N3O2/c1-2-8-13(19-11-6-7-12-19)14(20)18-16(15(17)21)9-4-3-5-10-16/h6-7,11-13H,2-5,8-10H2,1H3,(H2,17,21)(H,18,20). The molecular formula is C16H25N3O2. The van der Waals surface area contributed by atoms with Gasteiger partial charge in [-0.15, -0.1) is 0 Å². The molecule has 1 saturated carbocycles. The van der Waals surface area contributed by atoms with Gasteiger partial charge in [0.05, 0.1) is 0 Å². The highest BCUT2D eigenvalue weighted by molar-refractivity contribution is 5.91. The highest BCUT2D eigenvalue weighted by Gasteiger charge is 2.40. The summed E-state index contributed by atoms with van der Waals surface area (Å²) in [6.07, 6.45) is 9.69. The van der Waals surface area contributed by atoms with E-state index in [2.05, 4.69) is 5.32 Å². The van der Waals surface area contributed by atoms with Gasteiger partial charge in [0.15, 0.2) is 0 Å². The second-order valence-corrected chi connectivity index (χ2v) is 5.93. The van der Waals surface area contributed by atoms with E-state index in [4.69, 9.17) is 5.73 Å². The molecule has 5 nitrogen and oxygen atoms in total. The van der Waals surface area contributed by atoms with Crippen LogP contribution in [0.3, 0.4) is 0 Å². The van der Waals surface area contributed by atoms with Crippen molar-refractivity contribution in [3.05, 3.63) is 24.5 Å². The molecule has 0 aromatic carbocycles. The molecule has 2 rings (SSSR count). The van der Waals surface area contributed by atoms with Crippen LogP contribution < -0.4 is 11.1 Å². The van der Waals surface area contributed by atoms with Gasteiger partial charge in [0.2, 0.25) is 11.8 Å². The summed E-state index contributed by atoms with van der Waals surface area (Å²) in [5.41, 5.74) is 4.73. The fraction of sp³-hybridized carbons (Fsp3) is 0.625. The van der Waals surface area contributed by atoms with Crippen LogP contribution >= 0.6 is 0 Å². The molecule has 116 valence electrons. The van der Waals surface area contributed by atoms with Crippen LogP contribution in [-0.2, 0) is 9.59 Å². The molecular weight excluding hydrogens is 266 g/mol. The maximum absolute atomic E-state index is 12.7. The maximum atomic E-state index is 12.7. The van der Waals surface area contributed by atoms with E-state index >= 15 is 0 Å². The van der Waals surface area contributed by atoms with Crippen molar-refractivity contribution in [2.45, 2.75) is 63.5 Å². The van der Waals surface area contributed by atoms with Crippen molar-refractivity contribution in [1.82, 2.24) is 9.88 Å². The predicted octanol–water partition coefficient (Wildman–Crippen LogP) is 2.13. The Bertz CT molecular complexity index is 476. The van der Waals surface area contributed by atoms with Crippen LogP contribution in [0.2, 0.25) is 0 Å². The third-order valence-corrected chi connectivity index (χ3v) is 4.39. The van der Waals surface area contributed by atoms with Crippen LogP contribution in [0.5, 0.6) is 0 Å². The van der Waals surface area contributed by atoms with Crippen LogP contribution in [0.15, 0.2) is 24.5 Å². The lowest BCUT2D eigenvalue weighted by molar-refractivity contribution is -0.134. The first-order valence-electron chi connectivity index (χ1n) is 7.83. The number of nitrogens with one attached hydrogen (secondary N) is 1. The van der Waals surface area contributed by atoms with E-state index in [1.807, 2.05) is 36.0 Å². The molecule has 1 fully saturated rings. The van der Waals surface area contributed by atoms with Crippen LogP contribution in [0.4, 0.5) is 0 Å². The first kappa shape index (κ1) is 15.6. The third-order valence-electron chi connectivity index (χ3n) is 4.39. The summed E-state index contributed by atoms with van der Waals surface area (Å²) < 4.78 is 1.90. The summed E-state index contributed by atoms with van der Waals surface area (Å²) in [7, 11) is 0. The zero-order valence-electron chi connectivity index (χ0n) is 12.7. The Kier molecular flexibility index (Phi) is 5.04. The third kappa shape index (κ3) is 3.46. The second-order valence-electron chi connectivity index (χ2n) is 5.93. The molecule has 0 bridgehead atoms. The summed E-state index contributed by atoms with van der Waals surface area (Å²) in [6, 6.07) is 3.53. The lowest BCUT2D eigenvalue weighted by atomic mass is 9.80. The Morgan fingerprint density at radius 3 is 2.38 bits per heavy atom. The molecule has 21 heavy (non-hydrogen) atoms. The normalized spacial score (nSPS) is 18.9. The fourth-order valence-corrected chi connectivity index (χ4v) is 3.15. The zero-order chi connectivity index (χ0) is 15.3. The highest BCUT2D eigenvalue weighted by atomic mass is 16.2. The number of hydrogen-bond donors (Lipinski definition) is 2. The van der Waals surface area contributed by atoms with Gasteiger partial charge in [-0.1, -0.05) is 32.6 Å². The van der Waals surface area contributed by atoms with Crippen molar-refractivity contribution < 1.29 is 9.59 Å². The summed E-state index contributed by atoms with van der Waals surface area (Å²) in [4.78, 5) is 24.5. The summed E-state index contributed by atoms with van der Waals surface area (Å²) in [5.74, 6) is -0.507. The van der Waals surface area contributed by atoms with Gasteiger partial charge in [0, 0.05) is 12.4 Å². The van der Waals surface area contributed by atoms with Crippen LogP contribution in [-0.4, -0.2) is 21.9 Å². The molecule has 1 atom stereocenters. The van der Waals surface area contributed by atoms with Crippen molar-refractivity contribution >= 4 is 11.8 Å². The highest BCUT2D eigenvalue weighted by Crippen LogP contribution is 2.29. The Morgan fingerprint density at radius 1 is 1.24 bits per heavy atom. The minimum absolute atomic E-state index is 0.103. The SMILES string of the molecule is CCCC(C(=O)NC1(C(N)=O)CCCCC1)n1cccc1. The van der Waals surface area contributed by atoms with Crippen LogP contribution in [0, 0.1) is 0 Å². The van der Waals surface area contributed by atoms with Gasteiger partial charge >= 0.3 is 0 Å². The summed E-state index contributed by atoms with van der Waals surface area (Å²) >= 11 is 0. The number of rotatable bonds is 6. The minimum atomic E-state index is -0.853. The quantitative estimate of drug-likeness (QED) is 0.842. The molecule has 1 heterocycles. The van der Waals surface area contributed by atoms with E-state index in [1.165, 1.54) is 0 Å². The van der Waals surface area contributed by atoms with Gasteiger partial charge in [-0.2, -0.15) is 0 Å². The van der Waals surface area contributed by atoms with E-state index < -0.39 is 11.4 Å². The molecule has 0 saturated heterocycles. The lowest BCUT2D eigenvalue weighted by Crippen LogP contribution is -2.59. The number of aromatic nitrogens is 1. The Hall–Kier alpha value is -1.78.